The van der Waals surface area contributed by atoms with Gasteiger partial charge in [0.15, 0.2) is 0 Å². The third kappa shape index (κ3) is 12.1. The van der Waals surface area contributed by atoms with Crippen LogP contribution in [-0.2, 0) is 23.3 Å². The molecule has 0 heterocycles. The van der Waals surface area contributed by atoms with Crippen LogP contribution in [0.4, 0.5) is 0 Å². The first-order valence-electron chi connectivity index (χ1n) is 6.51. The molecule has 19 heavy (non-hydrogen) atoms. The van der Waals surface area contributed by atoms with E-state index in [9.17, 15) is 0 Å². The van der Waals surface area contributed by atoms with E-state index in [-0.39, 0.29) is 24.4 Å². The van der Waals surface area contributed by atoms with Crippen molar-refractivity contribution in [3.05, 3.63) is 0 Å². The lowest BCUT2D eigenvalue weighted by Crippen LogP contribution is -2.26. The summed E-state index contributed by atoms with van der Waals surface area (Å²) < 4.78 is 26.7. The predicted octanol–water partition coefficient (Wildman–Crippen LogP) is 2.20. The van der Waals surface area contributed by atoms with E-state index in [2.05, 4.69) is 18.9 Å². The molecule has 0 bridgehead atoms. The van der Waals surface area contributed by atoms with Crippen molar-refractivity contribution in [1.29, 1.82) is 0 Å². The van der Waals surface area contributed by atoms with Gasteiger partial charge in [-0.25, -0.2) is 0 Å². The van der Waals surface area contributed by atoms with Gasteiger partial charge in [0.05, 0.1) is 50.8 Å². The number of hydrogen-bond donors (Lipinski definition) is 0. The van der Waals surface area contributed by atoms with Crippen LogP contribution in [0.1, 0.15) is 27.7 Å². The molecule has 6 unspecified atom stereocenters. The predicted molar refractivity (Wildman–Crippen MR) is 82.2 cm³/mol. The molecule has 7 heteroatoms. The van der Waals surface area contributed by atoms with Crippen LogP contribution in [0.5, 0.6) is 0 Å². The standard InChI is InChI=1S/C12H28O5P2/c1-9(5-13-6-11(3)16-18)14-7-10(2)15-8-12(4)17-19/h9-12H,5-8,18-19H2,1-4H3. The Morgan fingerprint density at radius 2 is 1.00 bits per heavy atom. The van der Waals surface area contributed by atoms with E-state index >= 15 is 0 Å². The molecule has 0 radical (unpaired) electrons. The third-order valence-electron chi connectivity index (χ3n) is 2.40. The molecular formula is C12H28O5P2. The Balaban J connectivity index is 3.52. The molecule has 116 valence electrons. The van der Waals surface area contributed by atoms with Crippen molar-refractivity contribution >= 4 is 18.9 Å². The van der Waals surface area contributed by atoms with Gasteiger partial charge in [-0.2, -0.15) is 0 Å². The minimum absolute atomic E-state index is 0.0400. The van der Waals surface area contributed by atoms with Gasteiger partial charge in [0.1, 0.15) is 0 Å². The summed E-state index contributed by atoms with van der Waals surface area (Å²) in [5.41, 5.74) is 0. The first-order valence-corrected chi connectivity index (χ1v) is 7.45. The molecule has 0 aromatic carbocycles. The molecule has 5 nitrogen and oxygen atoms in total. The van der Waals surface area contributed by atoms with E-state index in [0.29, 0.717) is 26.4 Å². The second kappa shape index (κ2) is 12.4. The summed E-state index contributed by atoms with van der Waals surface area (Å²) in [6, 6.07) is 0. The molecule has 0 amide bonds. The largest absolute Gasteiger partial charge is 0.376 e. The lowest BCUT2D eigenvalue weighted by Gasteiger charge is -2.19. The average Bonchev–Trinajstić information content (AvgIpc) is 2.41. The Labute approximate surface area is 121 Å². The molecule has 0 aliphatic carbocycles. The van der Waals surface area contributed by atoms with Crippen LogP contribution >= 0.6 is 18.9 Å². The van der Waals surface area contributed by atoms with Gasteiger partial charge in [-0.1, -0.05) is 0 Å². The molecular weight excluding hydrogens is 286 g/mol. The van der Waals surface area contributed by atoms with Crippen LogP contribution in [0.3, 0.4) is 0 Å². The highest BCUT2D eigenvalue weighted by Crippen LogP contribution is 2.03. The van der Waals surface area contributed by atoms with Crippen LogP contribution < -0.4 is 0 Å². The van der Waals surface area contributed by atoms with Crippen molar-refractivity contribution < 1.29 is 23.3 Å². The maximum absolute atomic E-state index is 5.64. The minimum Gasteiger partial charge on any atom is -0.376 e. The molecule has 0 saturated carbocycles. The van der Waals surface area contributed by atoms with Crippen molar-refractivity contribution in [3.8, 4) is 0 Å². The summed E-state index contributed by atoms with van der Waals surface area (Å²) in [5.74, 6) is 0. The molecule has 6 atom stereocenters. The first-order chi connectivity index (χ1) is 8.99. The Hall–Kier alpha value is 0.660. The number of ether oxygens (including phenoxy) is 3. The molecule has 0 aliphatic heterocycles. The van der Waals surface area contributed by atoms with Gasteiger partial charge in [-0.3, -0.25) is 0 Å². The molecule has 0 aliphatic rings. The van der Waals surface area contributed by atoms with Crippen LogP contribution in [-0.4, -0.2) is 50.8 Å². The highest BCUT2D eigenvalue weighted by Gasteiger charge is 2.10. The molecule has 0 fully saturated rings. The Kier molecular flexibility index (Phi) is 12.8. The summed E-state index contributed by atoms with van der Waals surface area (Å²) in [6.45, 7) is 10.1. The zero-order valence-electron chi connectivity index (χ0n) is 12.3. The Bertz CT molecular complexity index is 209. The smallest absolute Gasteiger partial charge is 0.0816 e. The summed E-state index contributed by atoms with van der Waals surface area (Å²) >= 11 is 0. The normalized spacial score (nSPS) is 18.0. The van der Waals surface area contributed by atoms with E-state index in [0.717, 1.165) is 0 Å². The van der Waals surface area contributed by atoms with Crippen LogP contribution in [0.25, 0.3) is 0 Å². The number of hydrogen-bond acceptors (Lipinski definition) is 5. The van der Waals surface area contributed by atoms with Crippen LogP contribution in [0.2, 0.25) is 0 Å². The van der Waals surface area contributed by atoms with Gasteiger partial charge in [-0.15, -0.1) is 0 Å². The van der Waals surface area contributed by atoms with E-state index in [1.54, 1.807) is 0 Å². The number of rotatable bonds is 12. The highest BCUT2D eigenvalue weighted by atomic mass is 31.0. The first kappa shape index (κ1) is 19.7. The molecule has 0 spiro atoms. The fraction of sp³-hybridized carbons (Fsp3) is 1.00. The van der Waals surface area contributed by atoms with Crippen molar-refractivity contribution in [2.24, 2.45) is 0 Å². The van der Waals surface area contributed by atoms with E-state index < -0.39 is 0 Å². The fourth-order valence-electron chi connectivity index (χ4n) is 1.17. The van der Waals surface area contributed by atoms with Crippen LogP contribution in [0, 0.1) is 0 Å². The summed E-state index contributed by atoms with van der Waals surface area (Å²) in [6.07, 6.45) is 0.229. The molecule has 0 aromatic rings. The van der Waals surface area contributed by atoms with Crippen molar-refractivity contribution in [1.82, 2.24) is 0 Å². The summed E-state index contributed by atoms with van der Waals surface area (Å²) in [5, 5.41) is 0. The lowest BCUT2D eigenvalue weighted by molar-refractivity contribution is -0.0707. The quantitative estimate of drug-likeness (QED) is 0.517. The SMILES string of the molecule is CC(COCC(C)OCC(C)OCC(C)OP)OP. The van der Waals surface area contributed by atoms with E-state index in [1.165, 1.54) is 0 Å². The van der Waals surface area contributed by atoms with Crippen molar-refractivity contribution in [3.63, 3.8) is 0 Å². The topological polar surface area (TPSA) is 46.2 Å². The molecule has 0 rings (SSSR count). The van der Waals surface area contributed by atoms with Crippen LogP contribution in [0.15, 0.2) is 0 Å². The monoisotopic (exact) mass is 314 g/mol. The van der Waals surface area contributed by atoms with Gasteiger partial charge >= 0.3 is 0 Å². The van der Waals surface area contributed by atoms with Gasteiger partial charge in [0.25, 0.3) is 0 Å². The zero-order chi connectivity index (χ0) is 14.7. The van der Waals surface area contributed by atoms with Crippen molar-refractivity contribution in [2.75, 3.05) is 26.4 Å². The van der Waals surface area contributed by atoms with Gasteiger partial charge in [-0.05, 0) is 27.7 Å². The summed E-state index contributed by atoms with van der Waals surface area (Å²) in [7, 11) is 4.46. The third-order valence-corrected chi connectivity index (χ3v) is 3.33. The van der Waals surface area contributed by atoms with Gasteiger partial charge in [0.2, 0.25) is 0 Å². The Morgan fingerprint density at radius 1 is 0.632 bits per heavy atom. The lowest BCUT2D eigenvalue weighted by atomic mass is 10.4. The maximum Gasteiger partial charge on any atom is 0.0816 e. The fourth-order valence-corrected chi connectivity index (χ4v) is 1.33. The van der Waals surface area contributed by atoms with Gasteiger partial charge in [0, 0.05) is 18.9 Å². The maximum atomic E-state index is 5.64. The molecule has 0 N–H and O–H groups in total. The summed E-state index contributed by atoms with van der Waals surface area (Å²) in [4.78, 5) is 0. The molecule has 0 saturated heterocycles. The highest BCUT2D eigenvalue weighted by molar-refractivity contribution is 7.10. The second-order valence-corrected chi connectivity index (χ2v) is 5.26. The van der Waals surface area contributed by atoms with E-state index in [4.69, 9.17) is 23.3 Å². The van der Waals surface area contributed by atoms with Crippen molar-refractivity contribution in [2.45, 2.75) is 52.1 Å². The van der Waals surface area contributed by atoms with E-state index in [1.807, 2.05) is 27.7 Å². The average molecular weight is 314 g/mol. The zero-order valence-corrected chi connectivity index (χ0v) is 14.6. The Morgan fingerprint density at radius 3 is 1.53 bits per heavy atom. The van der Waals surface area contributed by atoms with Gasteiger partial charge < -0.3 is 23.3 Å². The second-order valence-electron chi connectivity index (χ2n) is 4.72. The molecule has 0 aromatic heterocycles. The minimum atomic E-state index is 0.0400.